The second kappa shape index (κ2) is 11.9. The van der Waals surface area contributed by atoms with Crippen molar-refractivity contribution < 1.29 is 46.2 Å². The summed E-state index contributed by atoms with van der Waals surface area (Å²) in [5.74, 6) is 0.240. The fourth-order valence-corrected chi connectivity index (χ4v) is 8.10. The predicted octanol–water partition coefficient (Wildman–Crippen LogP) is 1.45. The molecule has 4 aromatic rings. The second-order valence-corrected chi connectivity index (χ2v) is 14.4. The van der Waals surface area contributed by atoms with Gasteiger partial charge in [-0.1, -0.05) is 6.92 Å². The second-order valence-electron chi connectivity index (χ2n) is 10.7. The van der Waals surface area contributed by atoms with Crippen molar-refractivity contribution >= 4 is 60.7 Å². The van der Waals surface area contributed by atoms with Gasteiger partial charge >= 0.3 is 15.0 Å². The molecule has 0 radical (unpaired) electrons. The van der Waals surface area contributed by atoms with Crippen molar-refractivity contribution in [2.24, 2.45) is 0 Å². The zero-order valence-corrected chi connectivity index (χ0v) is 26.7. The molecule has 19 nitrogen and oxygen atoms in total. The number of ether oxygens (including phenoxy) is 3. The molecule has 0 aromatic carbocycles. The highest BCUT2D eigenvalue weighted by Crippen LogP contribution is 2.54. The highest BCUT2D eigenvalue weighted by molar-refractivity contribution is 8.07. The lowest BCUT2D eigenvalue weighted by atomic mass is 9.93. The zero-order chi connectivity index (χ0) is 32.4. The molecule has 10 atom stereocenters. The van der Waals surface area contributed by atoms with Crippen LogP contribution in [0, 0.1) is 0 Å². The standard InChI is InChI=1S/C23H27FN10O9P2S/c1-3-23-5-39-45(36,46)43-14-11(24)10(40-21(14)33-8-31-12-17(25)27-6-29-19(12)33)4-38-44(35)42-16(23)15(37-2)22(41-23)34-9-32-13-18(26)28-7-30-20(13)34/h6-11,14-16,21-22H,3-5H2,1-2H3,(H4-,25,26,27,28,29,30,36,46)/p+1/t10-,11-,14-,15-,16+,21-,22-,23-,45?/m1/s1. The van der Waals surface area contributed by atoms with Crippen LogP contribution in [0.5, 0.6) is 0 Å². The molecule has 0 spiro atoms. The molecule has 7 rings (SSSR count). The third kappa shape index (κ3) is 5.25. The molecule has 3 aliphatic heterocycles. The number of hydrogen-bond acceptors (Lipinski definition) is 17. The molecule has 0 amide bonds. The Balaban J connectivity index is 1.23. The number of nitrogen functional groups attached to an aromatic ring is 2. The molecule has 0 saturated carbocycles. The topological polar surface area (TPSA) is 241 Å². The summed E-state index contributed by atoms with van der Waals surface area (Å²) in [7, 11) is -1.51. The molecular formula is C23H28FN10O9P2S+. The van der Waals surface area contributed by atoms with Gasteiger partial charge in [0.25, 0.3) is 0 Å². The maximum absolute atomic E-state index is 15.9. The quantitative estimate of drug-likeness (QED) is 0.255. The van der Waals surface area contributed by atoms with Crippen LogP contribution < -0.4 is 11.5 Å². The summed E-state index contributed by atoms with van der Waals surface area (Å²) in [5.41, 5.74) is 11.6. The summed E-state index contributed by atoms with van der Waals surface area (Å²) in [5, 5.41) is 0. The van der Waals surface area contributed by atoms with Crippen molar-refractivity contribution in [1.82, 2.24) is 39.0 Å². The Bertz CT molecular complexity index is 1850. The van der Waals surface area contributed by atoms with Gasteiger partial charge in [0.05, 0.1) is 19.3 Å². The lowest BCUT2D eigenvalue weighted by Crippen LogP contribution is -2.47. The fraction of sp³-hybridized carbons (Fsp3) is 0.565. The minimum Gasteiger partial charge on any atom is -0.382 e. The average molecular weight is 702 g/mol. The first-order valence-corrected chi connectivity index (χ1v) is 17.5. The maximum Gasteiger partial charge on any atom is 0.697 e. The Morgan fingerprint density at radius 1 is 1.11 bits per heavy atom. The lowest BCUT2D eigenvalue weighted by Gasteiger charge is -2.32. The van der Waals surface area contributed by atoms with Gasteiger partial charge in [-0.25, -0.2) is 34.3 Å². The first-order valence-electron chi connectivity index (χ1n) is 13.8. The van der Waals surface area contributed by atoms with Crippen LogP contribution in [-0.4, -0.2) is 100 Å². The zero-order valence-electron chi connectivity index (χ0n) is 24.1. The summed E-state index contributed by atoms with van der Waals surface area (Å²) in [6, 6.07) is 0. The van der Waals surface area contributed by atoms with E-state index in [9.17, 15) is 9.46 Å². The molecule has 5 N–H and O–H groups in total. The number of imidazole rings is 2. The first kappa shape index (κ1) is 31.6. The third-order valence-electron chi connectivity index (χ3n) is 8.18. The van der Waals surface area contributed by atoms with E-state index in [4.69, 9.17) is 55.6 Å². The van der Waals surface area contributed by atoms with Crippen LogP contribution in [0.2, 0.25) is 0 Å². The van der Waals surface area contributed by atoms with Gasteiger partial charge in [0, 0.05) is 11.7 Å². The summed E-state index contributed by atoms with van der Waals surface area (Å²) < 4.78 is 73.5. The molecule has 3 saturated heterocycles. The molecule has 246 valence electrons. The summed E-state index contributed by atoms with van der Waals surface area (Å²) in [6.07, 6.45) is -3.68. The molecule has 7 heterocycles. The lowest BCUT2D eigenvalue weighted by molar-refractivity contribution is -0.125. The summed E-state index contributed by atoms with van der Waals surface area (Å²) in [4.78, 5) is 36.1. The number of nitrogens with zero attached hydrogens (tertiary/aromatic N) is 8. The van der Waals surface area contributed by atoms with E-state index in [1.807, 2.05) is 0 Å². The van der Waals surface area contributed by atoms with Gasteiger partial charge in [0.15, 0.2) is 47.7 Å². The normalized spacial score (nSPS) is 36.3. The molecule has 2 bridgehead atoms. The molecule has 4 aromatic heterocycles. The minimum absolute atomic E-state index is 0.0889. The van der Waals surface area contributed by atoms with Crippen molar-refractivity contribution in [3.05, 3.63) is 25.3 Å². The van der Waals surface area contributed by atoms with Crippen molar-refractivity contribution in [2.75, 3.05) is 31.8 Å². The van der Waals surface area contributed by atoms with Crippen LogP contribution in [0.1, 0.15) is 25.8 Å². The van der Waals surface area contributed by atoms with Crippen LogP contribution in [0.25, 0.3) is 22.3 Å². The van der Waals surface area contributed by atoms with Gasteiger partial charge in [-0.15, -0.1) is 9.05 Å². The van der Waals surface area contributed by atoms with Crippen molar-refractivity contribution in [3.63, 3.8) is 0 Å². The number of aromatic nitrogens is 8. The van der Waals surface area contributed by atoms with Gasteiger partial charge in [-0.3, -0.25) is 13.7 Å². The highest BCUT2D eigenvalue weighted by atomic mass is 32.5. The number of alkyl halides is 1. The molecule has 3 fully saturated rings. The van der Waals surface area contributed by atoms with Gasteiger partial charge in [0.1, 0.15) is 54.2 Å². The first-order chi connectivity index (χ1) is 22.1. The Hall–Kier alpha value is -2.94. The number of methoxy groups -OCH3 is 1. The third-order valence-corrected chi connectivity index (χ3v) is 10.5. The minimum atomic E-state index is -4.24. The van der Waals surface area contributed by atoms with E-state index in [0.717, 1.165) is 0 Å². The largest absolute Gasteiger partial charge is 0.697 e. The molecule has 23 heteroatoms. The van der Waals surface area contributed by atoms with E-state index in [2.05, 4.69) is 29.9 Å². The number of halogens is 1. The number of rotatable bonds is 4. The fourth-order valence-electron chi connectivity index (χ4n) is 5.85. The van der Waals surface area contributed by atoms with Gasteiger partial charge in [-0.05, 0) is 18.2 Å². The van der Waals surface area contributed by atoms with Crippen molar-refractivity contribution in [2.45, 2.75) is 62.0 Å². The number of nitrogens with two attached hydrogens (primary N) is 2. The van der Waals surface area contributed by atoms with Crippen LogP contribution in [0.4, 0.5) is 16.0 Å². The summed E-state index contributed by atoms with van der Waals surface area (Å²) in [6.45, 7) is -3.45. The van der Waals surface area contributed by atoms with Crippen LogP contribution >= 0.6 is 15.0 Å². The van der Waals surface area contributed by atoms with E-state index in [1.165, 1.54) is 37.0 Å². The molecule has 2 unspecified atom stereocenters. The average Bonchev–Trinajstić information content (AvgIpc) is 3.79. The van der Waals surface area contributed by atoms with Crippen molar-refractivity contribution in [3.8, 4) is 0 Å². The Labute approximate surface area is 264 Å². The molecule has 3 aliphatic rings. The van der Waals surface area contributed by atoms with Crippen LogP contribution in [-0.2, 0) is 48.7 Å². The smallest absolute Gasteiger partial charge is 0.382 e. The Morgan fingerprint density at radius 2 is 1.74 bits per heavy atom. The maximum atomic E-state index is 15.9. The summed E-state index contributed by atoms with van der Waals surface area (Å²) >= 11 is 5.36. The van der Waals surface area contributed by atoms with E-state index in [0.29, 0.717) is 11.2 Å². The number of fused-ring (bicyclic) bond motifs is 5. The van der Waals surface area contributed by atoms with Gasteiger partial charge in [0.2, 0.25) is 0 Å². The molecular weight excluding hydrogens is 673 g/mol. The highest BCUT2D eigenvalue weighted by Gasteiger charge is 2.62. The monoisotopic (exact) mass is 701 g/mol. The number of anilines is 2. The Kier molecular flexibility index (Phi) is 8.22. The predicted molar refractivity (Wildman–Crippen MR) is 158 cm³/mol. The van der Waals surface area contributed by atoms with Crippen LogP contribution in [0.3, 0.4) is 0 Å². The SMILES string of the molecule is CC[C@@]12COP(O)(=S)O[C@@H]3[C@H](F)[C@@H](CO[P+](=O)O[C@H]1[C@@H](OC)[C@H](n1cnc4c(N)ncnc41)O2)O[C@H]3n1cnc2c(N)ncnc21. The van der Waals surface area contributed by atoms with Gasteiger partial charge < -0.3 is 35.1 Å². The number of hydrogen-bond donors (Lipinski definition) is 3. The molecule has 46 heavy (non-hydrogen) atoms. The van der Waals surface area contributed by atoms with Crippen LogP contribution in [0.15, 0.2) is 25.3 Å². The van der Waals surface area contributed by atoms with Gasteiger partial charge in [-0.2, -0.15) is 0 Å². The molecule has 0 aliphatic carbocycles. The van der Waals surface area contributed by atoms with E-state index in [1.54, 1.807) is 11.5 Å². The van der Waals surface area contributed by atoms with Crippen molar-refractivity contribution in [1.29, 1.82) is 0 Å². The van der Waals surface area contributed by atoms with E-state index in [-0.39, 0.29) is 29.2 Å². The van der Waals surface area contributed by atoms with E-state index < -0.39 is 76.8 Å². The Morgan fingerprint density at radius 3 is 2.35 bits per heavy atom. The van der Waals surface area contributed by atoms with E-state index >= 15 is 4.39 Å².